The Morgan fingerprint density at radius 2 is 2.04 bits per heavy atom. The third-order valence-corrected chi connectivity index (χ3v) is 3.66. The van der Waals surface area contributed by atoms with Gasteiger partial charge in [-0.3, -0.25) is 4.79 Å². The molecule has 1 aliphatic rings. The Labute approximate surface area is 139 Å². The van der Waals surface area contributed by atoms with Crippen molar-refractivity contribution in [1.82, 2.24) is 10.0 Å². The lowest BCUT2D eigenvalue weighted by molar-refractivity contribution is -0.130. The van der Waals surface area contributed by atoms with Crippen molar-refractivity contribution in [3.63, 3.8) is 0 Å². The summed E-state index contributed by atoms with van der Waals surface area (Å²) < 4.78 is 5.12. The van der Waals surface area contributed by atoms with Gasteiger partial charge in [-0.05, 0) is 23.8 Å². The monoisotopic (exact) mass is 324 g/mol. The van der Waals surface area contributed by atoms with Gasteiger partial charge < -0.3 is 9.57 Å². The quantitative estimate of drug-likeness (QED) is 0.861. The molecule has 0 bridgehead atoms. The van der Waals surface area contributed by atoms with E-state index in [1.165, 1.54) is 24.4 Å². The Bertz CT molecular complexity index is 774. The molecule has 2 heterocycles. The number of hydroxylamine groups is 2. The van der Waals surface area contributed by atoms with Gasteiger partial charge in [0.25, 0.3) is 0 Å². The number of carbonyl (C=O) groups excluding carboxylic acids is 2. The average molecular weight is 324 g/mol. The molecule has 1 aliphatic heterocycles. The van der Waals surface area contributed by atoms with Crippen LogP contribution in [0.5, 0.6) is 5.88 Å². The number of ketones is 1. The van der Waals surface area contributed by atoms with E-state index < -0.39 is 12.0 Å². The first-order valence-electron chi connectivity index (χ1n) is 7.44. The molecule has 0 spiro atoms. The summed E-state index contributed by atoms with van der Waals surface area (Å²) in [6.07, 6.45) is 4.66. The molecule has 1 aromatic carbocycles. The van der Waals surface area contributed by atoms with Gasteiger partial charge in [0.2, 0.25) is 5.88 Å². The summed E-state index contributed by atoms with van der Waals surface area (Å²) in [5.74, 6) is -0.0905. The lowest BCUT2D eigenvalue weighted by Crippen LogP contribution is -2.31. The number of carbonyl (C=O) groups is 2. The Balaban J connectivity index is 1.85. The number of methoxy groups -OCH3 is 1. The highest BCUT2D eigenvalue weighted by molar-refractivity contribution is 5.91. The van der Waals surface area contributed by atoms with E-state index in [-0.39, 0.29) is 12.2 Å². The van der Waals surface area contributed by atoms with E-state index in [4.69, 9.17) is 9.57 Å². The van der Waals surface area contributed by atoms with E-state index in [0.717, 1.165) is 5.56 Å². The number of nitrogens with zero attached hydrogens (tertiary/aromatic N) is 2. The summed E-state index contributed by atoms with van der Waals surface area (Å²) in [5.41, 5.74) is 1.22. The normalized spacial score (nSPS) is 16.8. The van der Waals surface area contributed by atoms with Gasteiger partial charge in [-0.1, -0.05) is 18.2 Å². The molecule has 0 amide bonds. The van der Waals surface area contributed by atoms with Crippen LogP contribution >= 0.6 is 0 Å². The minimum atomic E-state index is -0.486. The van der Waals surface area contributed by atoms with Crippen molar-refractivity contribution in [2.75, 3.05) is 7.11 Å². The SMILES string of the molecule is COc1cc(C2CC(=O)C=CN2OC(=O)c2ccccc2)ccn1. The van der Waals surface area contributed by atoms with E-state index in [1.807, 2.05) is 6.07 Å². The molecule has 122 valence electrons. The molecule has 24 heavy (non-hydrogen) atoms. The topological polar surface area (TPSA) is 68.7 Å². The van der Waals surface area contributed by atoms with Crippen LogP contribution in [-0.4, -0.2) is 28.9 Å². The Morgan fingerprint density at radius 3 is 2.79 bits per heavy atom. The second kappa shape index (κ2) is 6.95. The fourth-order valence-electron chi connectivity index (χ4n) is 2.43. The zero-order chi connectivity index (χ0) is 16.9. The zero-order valence-electron chi connectivity index (χ0n) is 13.1. The summed E-state index contributed by atoms with van der Waals surface area (Å²) in [5, 5.41) is 1.39. The standard InChI is InChI=1S/C18H16N2O4/c1-23-17-11-14(7-9-19-17)16-12-15(21)8-10-20(16)24-18(22)13-5-3-2-4-6-13/h2-11,16H,12H2,1H3. The number of hydrogen-bond acceptors (Lipinski definition) is 6. The van der Waals surface area contributed by atoms with Crippen LogP contribution in [0.3, 0.4) is 0 Å². The lowest BCUT2D eigenvalue weighted by atomic mass is 10.00. The van der Waals surface area contributed by atoms with E-state index in [2.05, 4.69) is 4.98 Å². The Kier molecular flexibility index (Phi) is 4.56. The second-order valence-corrected chi connectivity index (χ2v) is 5.24. The molecule has 3 rings (SSSR count). The van der Waals surface area contributed by atoms with Gasteiger partial charge in [-0.2, -0.15) is 0 Å². The smallest absolute Gasteiger partial charge is 0.363 e. The summed E-state index contributed by atoms with van der Waals surface area (Å²) in [6.45, 7) is 0. The van der Waals surface area contributed by atoms with Crippen LogP contribution in [0.4, 0.5) is 0 Å². The number of allylic oxidation sites excluding steroid dienone is 1. The molecule has 0 radical (unpaired) electrons. The van der Waals surface area contributed by atoms with Gasteiger partial charge >= 0.3 is 5.97 Å². The third kappa shape index (κ3) is 3.43. The molecule has 2 aromatic rings. The summed E-state index contributed by atoms with van der Waals surface area (Å²) in [4.78, 5) is 33.6. The number of ether oxygens (including phenoxy) is 1. The third-order valence-electron chi connectivity index (χ3n) is 3.66. The fraction of sp³-hybridized carbons (Fsp3) is 0.167. The molecule has 0 saturated carbocycles. The highest BCUT2D eigenvalue weighted by Crippen LogP contribution is 2.30. The number of hydrogen-bond donors (Lipinski definition) is 0. The van der Waals surface area contributed by atoms with Crippen LogP contribution < -0.4 is 4.74 Å². The predicted octanol–water partition coefficient (Wildman–Crippen LogP) is 2.69. The van der Waals surface area contributed by atoms with Crippen LogP contribution in [0.25, 0.3) is 0 Å². The average Bonchev–Trinajstić information content (AvgIpc) is 2.64. The molecular weight excluding hydrogens is 308 g/mol. The fourth-order valence-corrected chi connectivity index (χ4v) is 2.43. The molecule has 1 unspecified atom stereocenters. The first-order valence-corrected chi connectivity index (χ1v) is 7.44. The Morgan fingerprint density at radius 1 is 1.25 bits per heavy atom. The van der Waals surface area contributed by atoms with Gasteiger partial charge in [0, 0.05) is 31.0 Å². The maximum atomic E-state index is 12.3. The molecule has 0 fully saturated rings. The molecule has 6 nitrogen and oxygen atoms in total. The number of aromatic nitrogens is 1. The lowest BCUT2D eigenvalue weighted by Gasteiger charge is -2.31. The van der Waals surface area contributed by atoms with Gasteiger partial charge in [0.15, 0.2) is 5.78 Å². The Hall–Kier alpha value is -3.15. The molecule has 0 aliphatic carbocycles. The zero-order valence-corrected chi connectivity index (χ0v) is 13.1. The van der Waals surface area contributed by atoms with Crippen molar-refractivity contribution in [1.29, 1.82) is 0 Å². The van der Waals surface area contributed by atoms with Crippen molar-refractivity contribution >= 4 is 11.8 Å². The molecule has 6 heteroatoms. The highest BCUT2D eigenvalue weighted by atomic mass is 16.7. The van der Waals surface area contributed by atoms with E-state index in [0.29, 0.717) is 11.4 Å². The highest BCUT2D eigenvalue weighted by Gasteiger charge is 2.28. The predicted molar refractivity (Wildman–Crippen MR) is 86.0 cm³/mol. The van der Waals surface area contributed by atoms with Crippen LogP contribution in [0.2, 0.25) is 0 Å². The van der Waals surface area contributed by atoms with E-state index in [9.17, 15) is 9.59 Å². The van der Waals surface area contributed by atoms with Crippen molar-refractivity contribution < 1.29 is 19.2 Å². The van der Waals surface area contributed by atoms with E-state index >= 15 is 0 Å². The summed E-state index contributed by atoms with van der Waals surface area (Å²) in [7, 11) is 1.52. The summed E-state index contributed by atoms with van der Waals surface area (Å²) >= 11 is 0. The largest absolute Gasteiger partial charge is 0.481 e. The molecule has 1 atom stereocenters. The molecule has 0 saturated heterocycles. The van der Waals surface area contributed by atoms with Gasteiger partial charge in [-0.25, -0.2) is 14.8 Å². The van der Waals surface area contributed by atoms with Crippen LogP contribution in [-0.2, 0) is 9.63 Å². The van der Waals surface area contributed by atoms with Crippen molar-refractivity contribution in [3.05, 3.63) is 72.1 Å². The van der Waals surface area contributed by atoms with Gasteiger partial charge in [0.05, 0.1) is 18.7 Å². The maximum absolute atomic E-state index is 12.3. The first kappa shape index (κ1) is 15.7. The minimum Gasteiger partial charge on any atom is -0.481 e. The van der Waals surface area contributed by atoms with Crippen molar-refractivity contribution in [3.8, 4) is 5.88 Å². The van der Waals surface area contributed by atoms with Crippen molar-refractivity contribution in [2.45, 2.75) is 12.5 Å². The first-order chi connectivity index (χ1) is 11.7. The summed E-state index contributed by atoms with van der Waals surface area (Å²) in [6, 6.07) is 11.8. The minimum absolute atomic E-state index is 0.0391. The number of rotatable bonds is 4. The molecule has 1 aromatic heterocycles. The van der Waals surface area contributed by atoms with Crippen molar-refractivity contribution in [2.24, 2.45) is 0 Å². The maximum Gasteiger partial charge on any atom is 0.363 e. The van der Waals surface area contributed by atoms with Crippen LogP contribution in [0, 0.1) is 0 Å². The van der Waals surface area contributed by atoms with Gasteiger partial charge in [0.1, 0.15) is 0 Å². The molecular formula is C18H16N2O4. The van der Waals surface area contributed by atoms with E-state index in [1.54, 1.807) is 42.6 Å². The van der Waals surface area contributed by atoms with Crippen LogP contribution in [0.15, 0.2) is 60.9 Å². The van der Waals surface area contributed by atoms with Crippen LogP contribution in [0.1, 0.15) is 28.4 Å². The van der Waals surface area contributed by atoms with Gasteiger partial charge in [-0.15, -0.1) is 0 Å². The second-order valence-electron chi connectivity index (χ2n) is 5.24. The molecule has 0 N–H and O–H groups in total. The number of benzene rings is 1. The number of pyridine rings is 1.